The number of hydrogen-bond acceptors (Lipinski definition) is 4. The van der Waals surface area contributed by atoms with Crippen molar-refractivity contribution in [1.82, 2.24) is 15.0 Å². The van der Waals surface area contributed by atoms with Gasteiger partial charge >= 0.3 is 0 Å². The Morgan fingerprint density at radius 2 is 0.977 bits per heavy atom. The summed E-state index contributed by atoms with van der Waals surface area (Å²) in [5, 5.41) is 9.99. The van der Waals surface area contributed by atoms with E-state index < -0.39 is 0 Å². The van der Waals surface area contributed by atoms with E-state index >= 15 is 0 Å². The smallest absolute Gasteiger partial charge is 0.164 e. The van der Waals surface area contributed by atoms with Gasteiger partial charge in [-0.1, -0.05) is 127 Å². The number of hydrogen-bond donors (Lipinski definition) is 0. The molecule has 0 spiro atoms. The fraction of sp³-hybridized carbons (Fsp3) is 0. The van der Waals surface area contributed by atoms with Crippen LogP contribution in [-0.2, 0) is 0 Å². The lowest BCUT2D eigenvalue weighted by Crippen LogP contribution is -2.00. The molecule has 4 heteroatoms. The van der Waals surface area contributed by atoms with Crippen molar-refractivity contribution >= 4 is 63.8 Å². The Balaban J connectivity index is 1.37. The second-order valence-corrected chi connectivity index (χ2v) is 11.9. The lowest BCUT2D eigenvalue weighted by atomic mass is 9.93. The van der Waals surface area contributed by atoms with Crippen LogP contribution >= 0.6 is 11.3 Å². The van der Waals surface area contributed by atoms with Crippen LogP contribution in [0, 0.1) is 0 Å². The first kappa shape index (κ1) is 24.2. The highest BCUT2D eigenvalue weighted by molar-refractivity contribution is 7.27. The molecule has 3 nitrogen and oxygen atoms in total. The van der Waals surface area contributed by atoms with Crippen LogP contribution in [0.4, 0.5) is 0 Å². The topological polar surface area (TPSA) is 38.7 Å². The summed E-state index contributed by atoms with van der Waals surface area (Å²) in [7, 11) is 0. The molecule has 2 aromatic heterocycles. The first-order chi connectivity index (χ1) is 21.3. The van der Waals surface area contributed by atoms with Crippen LogP contribution in [0.15, 0.2) is 140 Å². The fourth-order valence-corrected chi connectivity index (χ4v) is 7.55. The molecular weight excluding hydrogens is 543 g/mol. The van der Waals surface area contributed by atoms with Crippen molar-refractivity contribution in [1.29, 1.82) is 0 Å². The molecule has 0 aliphatic heterocycles. The SMILES string of the molecule is c1ccc(-c2nc(-c3ccccc3)nc(-c3cc4ccc5sc6c7ccccc7ccc6c5c4c4ccccc34)n2)cc1. The summed E-state index contributed by atoms with van der Waals surface area (Å²) < 4.78 is 2.64. The highest BCUT2D eigenvalue weighted by Gasteiger charge is 2.18. The van der Waals surface area contributed by atoms with Gasteiger partial charge in [-0.15, -0.1) is 11.3 Å². The van der Waals surface area contributed by atoms with Gasteiger partial charge in [-0.25, -0.2) is 15.0 Å². The minimum Gasteiger partial charge on any atom is -0.208 e. The summed E-state index contributed by atoms with van der Waals surface area (Å²) in [5.74, 6) is 2.01. The van der Waals surface area contributed by atoms with Gasteiger partial charge in [0, 0.05) is 36.9 Å². The standard InChI is InChI=1S/C39H23N3S/c1-3-12-25(13-4-1)37-40-38(26-14-5-2-6-15-26)42-39(41-37)32-23-27-20-22-33-35(34(27)30-18-10-9-17-29(30)32)31-21-19-24-11-7-8-16-28(24)36(31)43-33/h1-23H. The molecule has 9 aromatic rings. The maximum Gasteiger partial charge on any atom is 0.164 e. The molecule has 2 heterocycles. The Bertz CT molecular complexity index is 2440. The number of aromatic nitrogens is 3. The molecule has 0 saturated heterocycles. The van der Waals surface area contributed by atoms with Crippen LogP contribution in [0.2, 0.25) is 0 Å². The predicted molar refractivity (Wildman–Crippen MR) is 182 cm³/mol. The van der Waals surface area contributed by atoms with E-state index in [1.54, 1.807) is 0 Å². The number of nitrogens with zero attached hydrogens (tertiary/aromatic N) is 3. The molecule has 200 valence electrons. The second kappa shape index (κ2) is 9.55. The van der Waals surface area contributed by atoms with E-state index in [-0.39, 0.29) is 0 Å². The molecule has 0 radical (unpaired) electrons. The van der Waals surface area contributed by atoms with Gasteiger partial charge in [0.2, 0.25) is 0 Å². The molecule has 0 saturated carbocycles. The maximum atomic E-state index is 5.07. The Kier molecular flexibility index (Phi) is 5.37. The number of fused-ring (bicyclic) bond motifs is 9. The summed E-state index contributed by atoms with van der Waals surface area (Å²) in [6.07, 6.45) is 0. The third-order valence-electron chi connectivity index (χ3n) is 8.29. The number of benzene rings is 7. The van der Waals surface area contributed by atoms with Crippen molar-refractivity contribution in [2.75, 3.05) is 0 Å². The molecule has 0 amide bonds. The van der Waals surface area contributed by atoms with Crippen LogP contribution in [0.3, 0.4) is 0 Å². The molecule has 0 bridgehead atoms. The average molecular weight is 566 g/mol. The van der Waals surface area contributed by atoms with Gasteiger partial charge in [-0.3, -0.25) is 0 Å². The summed E-state index contributed by atoms with van der Waals surface area (Å²) in [6.45, 7) is 0. The Hall–Kier alpha value is -5.45. The number of rotatable bonds is 3. The fourth-order valence-electron chi connectivity index (χ4n) is 6.31. The van der Waals surface area contributed by atoms with Crippen molar-refractivity contribution in [2.45, 2.75) is 0 Å². The highest BCUT2D eigenvalue weighted by Crippen LogP contribution is 2.45. The van der Waals surface area contributed by atoms with Gasteiger partial charge in [0.25, 0.3) is 0 Å². The molecule has 43 heavy (non-hydrogen) atoms. The van der Waals surface area contributed by atoms with E-state index in [1.807, 2.05) is 47.7 Å². The summed E-state index contributed by atoms with van der Waals surface area (Å²) >= 11 is 1.88. The molecule has 0 atom stereocenters. The van der Waals surface area contributed by atoms with Crippen LogP contribution in [0.25, 0.3) is 86.7 Å². The third-order valence-corrected chi connectivity index (χ3v) is 9.49. The van der Waals surface area contributed by atoms with Crippen molar-refractivity contribution in [3.05, 3.63) is 140 Å². The highest BCUT2D eigenvalue weighted by atomic mass is 32.1. The van der Waals surface area contributed by atoms with Crippen LogP contribution < -0.4 is 0 Å². The molecule has 0 N–H and O–H groups in total. The Labute approximate surface area is 251 Å². The maximum absolute atomic E-state index is 5.07. The van der Waals surface area contributed by atoms with Gasteiger partial charge in [-0.05, 0) is 44.5 Å². The van der Waals surface area contributed by atoms with Gasteiger partial charge < -0.3 is 0 Å². The molecule has 0 aliphatic carbocycles. The Morgan fingerprint density at radius 1 is 0.395 bits per heavy atom. The zero-order valence-electron chi connectivity index (χ0n) is 23.0. The van der Waals surface area contributed by atoms with E-state index in [1.165, 1.54) is 47.1 Å². The minimum absolute atomic E-state index is 0.666. The normalized spacial score (nSPS) is 11.7. The van der Waals surface area contributed by atoms with Crippen molar-refractivity contribution < 1.29 is 0 Å². The first-order valence-corrected chi connectivity index (χ1v) is 15.2. The quantitative estimate of drug-likeness (QED) is 0.200. The van der Waals surface area contributed by atoms with E-state index in [0.29, 0.717) is 17.5 Å². The van der Waals surface area contributed by atoms with E-state index in [0.717, 1.165) is 22.1 Å². The van der Waals surface area contributed by atoms with Gasteiger partial charge in [0.1, 0.15) is 0 Å². The van der Waals surface area contributed by atoms with Crippen molar-refractivity contribution in [3.8, 4) is 34.2 Å². The summed E-state index contributed by atoms with van der Waals surface area (Å²) in [6, 6.07) is 49.0. The molecule has 0 unspecified atom stereocenters. The molecule has 7 aromatic carbocycles. The van der Waals surface area contributed by atoms with E-state index in [2.05, 4.69) is 103 Å². The average Bonchev–Trinajstić information content (AvgIpc) is 3.48. The molecular formula is C39H23N3S. The van der Waals surface area contributed by atoms with E-state index in [4.69, 9.17) is 15.0 Å². The van der Waals surface area contributed by atoms with Crippen molar-refractivity contribution in [2.24, 2.45) is 0 Å². The minimum atomic E-state index is 0.666. The van der Waals surface area contributed by atoms with Crippen molar-refractivity contribution in [3.63, 3.8) is 0 Å². The first-order valence-electron chi connectivity index (χ1n) is 14.4. The second-order valence-electron chi connectivity index (χ2n) is 10.8. The molecule has 0 fully saturated rings. The Morgan fingerprint density at radius 3 is 1.70 bits per heavy atom. The third kappa shape index (κ3) is 3.84. The molecule has 9 rings (SSSR count). The van der Waals surface area contributed by atoms with E-state index in [9.17, 15) is 0 Å². The van der Waals surface area contributed by atoms with Gasteiger partial charge in [0.05, 0.1) is 0 Å². The lowest BCUT2D eigenvalue weighted by Gasteiger charge is -2.13. The summed E-state index contributed by atoms with van der Waals surface area (Å²) in [5.41, 5.74) is 2.93. The van der Waals surface area contributed by atoms with Gasteiger partial charge in [0.15, 0.2) is 17.5 Å². The lowest BCUT2D eigenvalue weighted by molar-refractivity contribution is 1.08. The zero-order chi connectivity index (χ0) is 28.3. The van der Waals surface area contributed by atoms with Crippen LogP contribution in [-0.4, -0.2) is 15.0 Å². The van der Waals surface area contributed by atoms with Gasteiger partial charge in [-0.2, -0.15) is 0 Å². The summed E-state index contributed by atoms with van der Waals surface area (Å²) in [4.78, 5) is 15.1. The number of thiophene rings is 1. The molecule has 0 aliphatic rings. The monoisotopic (exact) mass is 565 g/mol. The van der Waals surface area contributed by atoms with Crippen LogP contribution in [0.1, 0.15) is 0 Å². The zero-order valence-corrected chi connectivity index (χ0v) is 23.8. The predicted octanol–water partition coefficient (Wildman–Crippen LogP) is 10.7. The van der Waals surface area contributed by atoms with Crippen LogP contribution in [0.5, 0.6) is 0 Å². The largest absolute Gasteiger partial charge is 0.208 e.